The van der Waals surface area contributed by atoms with Gasteiger partial charge in [-0.15, -0.1) is 0 Å². The minimum atomic E-state index is 0.0846. The van der Waals surface area contributed by atoms with Crippen molar-refractivity contribution in [3.63, 3.8) is 0 Å². The molecule has 0 radical (unpaired) electrons. The summed E-state index contributed by atoms with van der Waals surface area (Å²) in [5.74, 6) is 0. The normalized spacial score (nSPS) is 18.4. The van der Waals surface area contributed by atoms with E-state index in [1.807, 2.05) is 0 Å². The minimum Gasteiger partial charge on any atom is -0.396 e. The van der Waals surface area contributed by atoms with E-state index in [1.54, 1.807) is 15.2 Å². The van der Waals surface area contributed by atoms with Crippen molar-refractivity contribution in [2.24, 2.45) is 0 Å². The topological polar surface area (TPSA) is 98.1 Å². The molecular weight excluding hydrogens is 282 g/mol. The van der Waals surface area contributed by atoms with Crippen molar-refractivity contribution < 1.29 is 29.8 Å². The molecule has 21 heavy (non-hydrogen) atoms. The monoisotopic (exact) mass is 309 g/mol. The molecule has 126 valence electrons. The van der Waals surface area contributed by atoms with Gasteiger partial charge in [-0.1, -0.05) is 0 Å². The van der Waals surface area contributed by atoms with Crippen molar-refractivity contribution in [3.8, 4) is 0 Å². The molecule has 0 atom stereocenters. The Morgan fingerprint density at radius 1 is 0.571 bits per heavy atom. The van der Waals surface area contributed by atoms with Crippen LogP contribution < -0.4 is 0 Å². The van der Waals surface area contributed by atoms with Gasteiger partial charge >= 0.3 is 0 Å². The Bertz CT molecular complexity index is 205. The number of hydrogen-bond donors (Lipinski definition) is 3. The van der Waals surface area contributed by atoms with Crippen LogP contribution in [0.25, 0.3) is 0 Å². The second-order valence-electron chi connectivity index (χ2n) is 4.60. The van der Waals surface area contributed by atoms with Gasteiger partial charge in [-0.05, 0) is 19.3 Å². The molecular formula is C12H27N3O6. The zero-order valence-corrected chi connectivity index (χ0v) is 12.4. The maximum absolute atomic E-state index is 8.77. The molecule has 1 fully saturated rings. The van der Waals surface area contributed by atoms with E-state index in [0.29, 0.717) is 59.1 Å². The molecule has 9 heteroatoms. The summed E-state index contributed by atoms with van der Waals surface area (Å²) in [6.45, 7) is 2.89. The Balaban J connectivity index is 2.35. The standard InChI is InChI=1S/C12H27N3O6/c16-4-1-7-19-13-10-14(20-8-2-5-17)12-15(11-13)21-9-3-6-18/h16-18H,1-12H2. The molecule has 0 aromatic carbocycles. The van der Waals surface area contributed by atoms with Crippen LogP contribution in [0, 0.1) is 0 Å². The van der Waals surface area contributed by atoms with Gasteiger partial charge in [-0.2, -0.15) is 15.2 Å². The Kier molecular flexibility index (Phi) is 10.9. The first kappa shape index (κ1) is 18.7. The highest BCUT2D eigenvalue weighted by Crippen LogP contribution is 2.10. The molecule has 0 aromatic heterocycles. The van der Waals surface area contributed by atoms with Crippen molar-refractivity contribution in [1.82, 2.24) is 15.2 Å². The van der Waals surface area contributed by atoms with Gasteiger partial charge in [-0.25, -0.2) is 0 Å². The van der Waals surface area contributed by atoms with Gasteiger partial charge in [-0.3, -0.25) is 14.5 Å². The predicted octanol–water partition coefficient (Wildman–Crippen LogP) is -1.28. The summed E-state index contributed by atoms with van der Waals surface area (Å²) in [7, 11) is 0. The van der Waals surface area contributed by atoms with E-state index in [9.17, 15) is 0 Å². The summed E-state index contributed by atoms with van der Waals surface area (Å²) in [6, 6.07) is 0. The molecule has 1 saturated heterocycles. The van der Waals surface area contributed by atoms with Crippen LogP contribution in [-0.4, -0.2) is 90.2 Å². The number of rotatable bonds is 12. The highest BCUT2D eigenvalue weighted by molar-refractivity contribution is 4.53. The third kappa shape index (κ3) is 8.61. The van der Waals surface area contributed by atoms with E-state index in [4.69, 9.17) is 29.8 Å². The fourth-order valence-electron chi connectivity index (χ4n) is 1.68. The SMILES string of the molecule is OCCCON1CN(OCCCO)CN(OCCCO)C1. The molecule has 9 nitrogen and oxygen atoms in total. The van der Waals surface area contributed by atoms with Crippen LogP contribution in [0.1, 0.15) is 19.3 Å². The summed E-state index contributed by atoms with van der Waals surface area (Å²) in [5.41, 5.74) is 0. The zero-order valence-electron chi connectivity index (χ0n) is 12.4. The second kappa shape index (κ2) is 12.2. The first-order valence-electron chi connectivity index (χ1n) is 7.26. The fraction of sp³-hybridized carbons (Fsp3) is 1.00. The second-order valence-corrected chi connectivity index (χ2v) is 4.60. The Labute approximate surface area is 125 Å². The van der Waals surface area contributed by atoms with Gasteiger partial charge in [0.05, 0.1) is 19.8 Å². The molecule has 3 N–H and O–H groups in total. The van der Waals surface area contributed by atoms with Gasteiger partial charge in [0.1, 0.15) is 20.0 Å². The molecule has 0 spiro atoms. The number of nitrogens with zero attached hydrogens (tertiary/aromatic N) is 3. The average molecular weight is 309 g/mol. The molecule has 0 saturated carbocycles. The van der Waals surface area contributed by atoms with E-state index in [-0.39, 0.29) is 19.8 Å². The Morgan fingerprint density at radius 2 is 0.857 bits per heavy atom. The van der Waals surface area contributed by atoms with Crippen molar-refractivity contribution in [2.45, 2.75) is 19.3 Å². The molecule has 0 aliphatic carbocycles. The first-order chi connectivity index (χ1) is 10.3. The maximum atomic E-state index is 8.77. The lowest BCUT2D eigenvalue weighted by molar-refractivity contribution is -0.366. The molecule has 0 unspecified atom stereocenters. The minimum absolute atomic E-state index is 0.0846. The molecule has 1 aliphatic rings. The summed E-state index contributed by atoms with van der Waals surface area (Å²) in [6.07, 6.45) is 1.69. The van der Waals surface area contributed by atoms with Crippen LogP contribution in [0.3, 0.4) is 0 Å². The lowest BCUT2D eigenvalue weighted by Crippen LogP contribution is -2.54. The molecule has 1 aliphatic heterocycles. The molecule has 1 heterocycles. The lowest BCUT2D eigenvalue weighted by Gasteiger charge is -2.39. The van der Waals surface area contributed by atoms with Crippen LogP contribution in [0.4, 0.5) is 0 Å². The van der Waals surface area contributed by atoms with Crippen LogP contribution in [0.2, 0.25) is 0 Å². The van der Waals surface area contributed by atoms with Crippen molar-refractivity contribution >= 4 is 0 Å². The number of hydrogen-bond acceptors (Lipinski definition) is 9. The highest BCUT2D eigenvalue weighted by Gasteiger charge is 2.25. The summed E-state index contributed by atoms with van der Waals surface area (Å²) < 4.78 is 0. The smallest absolute Gasteiger partial charge is 0.103 e. The van der Waals surface area contributed by atoms with E-state index in [1.165, 1.54) is 0 Å². The summed E-state index contributed by atoms with van der Waals surface area (Å²) in [5, 5.41) is 31.3. The summed E-state index contributed by atoms with van der Waals surface area (Å²) >= 11 is 0. The lowest BCUT2D eigenvalue weighted by atomic mass is 10.5. The van der Waals surface area contributed by atoms with Gasteiger partial charge in [0.2, 0.25) is 0 Å². The quantitative estimate of drug-likeness (QED) is 0.381. The predicted molar refractivity (Wildman–Crippen MR) is 73.1 cm³/mol. The van der Waals surface area contributed by atoms with Crippen molar-refractivity contribution in [3.05, 3.63) is 0 Å². The van der Waals surface area contributed by atoms with E-state index >= 15 is 0 Å². The van der Waals surface area contributed by atoms with Crippen molar-refractivity contribution in [2.75, 3.05) is 59.6 Å². The van der Waals surface area contributed by atoms with E-state index < -0.39 is 0 Å². The number of aliphatic hydroxyl groups excluding tert-OH is 3. The summed E-state index contributed by atoms with van der Waals surface area (Å²) in [4.78, 5) is 16.6. The van der Waals surface area contributed by atoms with Crippen LogP contribution in [0.5, 0.6) is 0 Å². The van der Waals surface area contributed by atoms with E-state index in [2.05, 4.69) is 0 Å². The van der Waals surface area contributed by atoms with Gasteiger partial charge in [0, 0.05) is 19.8 Å². The molecule has 0 amide bonds. The van der Waals surface area contributed by atoms with E-state index in [0.717, 1.165) is 0 Å². The van der Waals surface area contributed by atoms with Crippen molar-refractivity contribution in [1.29, 1.82) is 0 Å². The molecule has 0 bridgehead atoms. The largest absolute Gasteiger partial charge is 0.396 e. The number of hydroxylamine groups is 6. The maximum Gasteiger partial charge on any atom is 0.103 e. The van der Waals surface area contributed by atoms with Crippen LogP contribution in [-0.2, 0) is 14.5 Å². The van der Waals surface area contributed by atoms with Gasteiger partial charge < -0.3 is 15.3 Å². The van der Waals surface area contributed by atoms with Crippen LogP contribution >= 0.6 is 0 Å². The molecule has 1 rings (SSSR count). The highest BCUT2D eigenvalue weighted by atomic mass is 16.8. The van der Waals surface area contributed by atoms with Gasteiger partial charge in [0.15, 0.2) is 0 Å². The Hall–Kier alpha value is -0.360. The Morgan fingerprint density at radius 3 is 1.10 bits per heavy atom. The molecule has 0 aromatic rings. The fourth-order valence-corrected chi connectivity index (χ4v) is 1.68. The third-order valence-electron chi connectivity index (χ3n) is 2.68. The zero-order chi connectivity index (χ0) is 15.3. The average Bonchev–Trinajstić information content (AvgIpc) is 2.48. The van der Waals surface area contributed by atoms with Crippen LogP contribution in [0.15, 0.2) is 0 Å². The number of aliphatic hydroxyl groups is 3. The third-order valence-corrected chi connectivity index (χ3v) is 2.68. The first-order valence-corrected chi connectivity index (χ1v) is 7.26. The van der Waals surface area contributed by atoms with Gasteiger partial charge in [0.25, 0.3) is 0 Å².